The van der Waals surface area contributed by atoms with E-state index in [0.29, 0.717) is 29.4 Å². The zero-order chi connectivity index (χ0) is 18.0. The molecule has 0 aliphatic carbocycles. The summed E-state index contributed by atoms with van der Waals surface area (Å²) in [4.78, 5) is 2.70. The molecule has 6 nitrogen and oxygen atoms in total. The Morgan fingerprint density at radius 2 is 1.92 bits per heavy atom. The van der Waals surface area contributed by atoms with Crippen LogP contribution in [-0.2, 0) is 16.4 Å². The fourth-order valence-corrected chi connectivity index (χ4v) is 5.32. The molecule has 1 atom stereocenters. The highest BCUT2D eigenvalue weighted by Crippen LogP contribution is 2.24. The molecule has 0 bridgehead atoms. The maximum Gasteiger partial charge on any atom is 0.246 e. The van der Waals surface area contributed by atoms with Gasteiger partial charge in [-0.3, -0.25) is 10.00 Å². The number of hydrogen-bond donors (Lipinski definition) is 1. The molecule has 1 aliphatic heterocycles. The van der Waals surface area contributed by atoms with Crippen molar-refractivity contribution in [2.75, 3.05) is 26.2 Å². The summed E-state index contributed by atoms with van der Waals surface area (Å²) in [7, 11) is -3.49. The number of aromatic nitrogens is 2. The Balaban J connectivity index is 1.65. The van der Waals surface area contributed by atoms with Crippen molar-refractivity contribution in [3.05, 3.63) is 47.3 Å². The first kappa shape index (κ1) is 18.1. The van der Waals surface area contributed by atoms with Gasteiger partial charge in [-0.05, 0) is 32.8 Å². The van der Waals surface area contributed by atoms with Gasteiger partial charge < -0.3 is 0 Å². The molecule has 1 saturated heterocycles. The quantitative estimate of drug-likeness (QED) is 0.883. The lowest BCUT2D eigenvalue weighted by atomic mass is 10.1. The second-order valence-corrected chi connectivity index (χ2v) is 8.62. The lowest BCUT2D eigenvalue weighted by Gasteiger charge is -2.39. The van der Waals surface area contributed by atoms with Gasteiger partial charge in [-0.15, -0.1) is 0 Å². The fourth-order valence-electron chi connectivity index (χ4n) is 3.48. The molecular weight excluding hydrogens is 336 g/mol. The van der Waals surface area contributed by atoms with Crippen LogP contribution in [-0.4, -0.2) is 60.0 Å². The van der Waals surface area contributed by atoms with Crippen molar-refractivity contribution in [3.63, 3.8) is 0 Å². The molecule has 0 radical (unpaired) electrons. The van der Waals surface area contributed by atoms with E-state index < -0.39 is 10.0 Å². The molecule has 1 aromatic heterocycles. The number of nitrogens with one attached hydrogen (secondary N) is 1. The number of piperazine rings is 1. The topological polar surface area (TPSA) is 69.3 Å². The average molecular weight is 362 g/mol. The van der Waals surface area contributed by atoms with Crippen molar-refractivity contribution < 1.29 is 8.42 Å². The second kappa shape index (κ2) is 7.27. The number of hydrogen-bond acceptors (Lipinski definition) is 4. The third-order valence-electron chi connectivity index (χ3n) is 4.92. The summed E-state index contributed by atoms with van der Waals surface area (Å²) in [5.74, 6) is 0. The smallest absolute Gasteiger partial charge is 0.246 e. The van der Waals surface area contributed by atoms with E-state index in [1.807, 2.05) is 6.07 Å². The van der Waals surface area contributed by atoms with Crippen LogP contribution >= 0.6 is 0 Å². The van der Waals surface area contributed by atoms with E-state index in [-0.39, 0.29) is 6.04 Å². The summed E-state index contributed by atoms with van der Waals surface area (Å²) in [5.41, 5.74) is 2.46. The van der Waals surface area contributed by atoms with Crippen LogP contribution in [0.5, 0.6) is 0 Å². The molecule has 0 spiro atoms. The minimum absolute atomic E-state index is 0.194. The molecule has 2 heterocycles. The van der Waals surface area contributed by atoms with E-state index in [4.69, 9.17) is 0 Å². The van der Waals surface area contributed by atoms with E-state index in [1.54, 1.807) is 18.2 Å². The van der Waals surface area contributed by atoms with Crippen LogP contribution < -0.4 is 0 Å². The van der Waals surface area contributed by atoms with Crippen LogP contribution in [0.25, 0.3) is 0 Å². The number of benzene rings is 1. The molecule has 0 saturated carbocycles. The van der Waals surface area contributed by atoms with Crippen molar-refractivity contribution >= 4 is 10.0 Å². The van der Waals surface area contributed by atoms with Crippen LogP contribution in [0, 0.1) is 13.8 Å². The predicted molar refractivity (Wildman–Crippen MR) is 98.0 cm³/mol. The molecule has 7 heteroatoms. The summed E-state index contributed by atoms with van der Waals surface area (Å²) in [6.45, 7) is 8.32. The number of nitrogens with zero attached hydrogens (tertiary/aromatic N) is 3. The first-order valence-electron chi connectivity index (χ1n) is 8.69. The van der Waals surface area contributed by atoms with Gasteiger partial charge in [0.1, 0.15) is 4.90 Å². The minimum atomic E-state index is -3.49. The Labute approximate surface area is 149 Å². The van der Waals surface area contributed by atoms with E-state index in [1.165, 1.54) is 5.56 Å². The molecule has 3 rings (SSSR count). The van der Waals surface area contributed by atoms with Crippen molar-refractivity contribution in [2.24, 2.45) is 0 Å². The molecule has 1 fully saturated rings. The molecule has 25 heavy (non-hydrogen) atoms. The van der Waals surface area contributed by atoms with Crippen molar-refractivity contribution in [1.82, 2.24) is 19.4 Å². The van der Waals surface area contributed by atoms with Gasteiger partial charge in [-0.1, -0.05) is 30.3 Å². The number of rotatable bonds is 5. The minimum Gasteiger partial charge on any atom is -0.298 e. The third kappa shape index (κ3) is 3.78. The van der Waals surface area contributed by atoms with E-state index in [2.05, 4.69) is 46.3 Å². The van der Waals surface area contributed by atoms with Gasteiger partial charge in [0.2, 0.25) is 10.0 Å². The molecule has 1 aliphatic rings. The van der Waals surface area contributed by atoms with E-state index in [0.717, 1.165) is 19.5 Å². The first-order chi connectivity index (χ1) is 11.9. The van der Waals surface area contributed by atoms with Gasteiger partial charge >= 0.3 is 0 Å². The van der Waals surface area contributed by atoms with Gasteiger partial charge in [0.15, 0.2) is 0 Å². The second-order valence-electron chi connectivity index (χ2n) is 6.75. The average Bonchev–Trinajstić information content (AvgIpc) is 2.94. The summed E-state index contributed by atoms with van der Waals surface area (Å²) >= 11 is 0. The number of sulfonamides is 1. The molecule has 1 N–H and O–H groups in total. The van der Waals surface area contributed by atoms with E-state index in [9.17, 15) is 8.42 Å². The van der Waals surface area contributed by atoms with Gasteiger partial charge in [-0.25, -0.2) is 8.42 Å². The van der Waals surface area contributed by atoms with Crippen LogP contribution in [0.15, 0.2) is 35.2 Å². The molecule has 2 aromatic rings. The largest absolute Gasteiger partial charge is 0.298 e. The first-order valence-corrected chi connectivity index (χ1v) is 10.1. The lowest BCUT2D eigenvalue weighted by molar-refractivity contribution is 0.130. The zero-order valence-electron chi connectivity index (χ0n) is 15.1. The van der Waals surface area contributed by atoms with Crippen molar-refractivity contribution in [1.29, 1.82) is 0 Å². The standard InChI is InChI=1S/C18H26N4O2S/c1-14-13-22(25(23,24)18-15(2)19-20-16(18)3)12-11-21(14)10-9-17-7-5-4-6-8-17/h4-8,14H,9-13H2,1-3H3,(H,19,20). The van der Waals surface area contributed by atoms with Gasteiger partial charge in [0.05, 0.1) is 11.4 Å². The Morgan fingerprint density at radius 1 is 1.20 bits per heavy atom. The Kier molecular flexibility index (Phi) is 5.27. The molecule has 136 valence electrons. The summed E-state index contributed by atoms with van der Waals surface area (Å²) in [5, 5.41) is 6.81. The Morgan fingerprint density at radius 3 is 2.52 bits per heavy atom. The highest BCUT2D eigenvalue weighted by atomic mass is 32.2. The van der Waals surface area contributed by atoms with Crippen molar-refractivity contribution in [2.45, 2.75) is 38.1 Å². The summed E-state index contributed by atoms with van der Waals surface area (Å²) < 4.78 is 27.5. The number of aryl methyl sites for hydroxylation is 2. The normalized spacial score (nSPS) is 20.0. The maximum absolute atomic E-state index is 13.0. The van der Waals surface area contributed by atoms with Crippen LogP contribution in [0.3, 0.4) is 0 Å². The SMILES string of the molecule is Cc1n[nH]c(C)c1S(=O)(=O)N1CCN(CCc2ccccc2)C(C)C1. The van der Waals surface area contributed by atoms with E-state index >= 15 is 0 Å². The summed E-state index contributed by atoms with van der Waals surface area (Å²) in [6.07, 6.45) is 0.984. The Bertz CT molecular complexity index is 797. The van der Waals surface area contributed by atoms with Gasteiger partial charge in [-0.2, -0.15) is 9.40 Å². The maximum atomic E-state index is 13.0. The molecule has 1 aromatic carbocycles. The lowest BCUT2D eigenvalue weighted by Crippen LogP contribution is -2.53. The monoisotopic (exact) mass is 362 g/mol. The predicted octanol–water partition coefficient (Wildman–Crippen LogP) is 1.96. The zero-order valence-corrected chi connectivity index (χ0v) is 15.9. The highest BCUT2D eigenvalue weighted by Gasteiger charge is 2.34. The van der Waals surface area contributed by atoms with Crippen LogP contribution in [0.2, 0.25) is 0 Å². The fraction of sp³-hybridized carbons (Fsp3) is 0.500. The van der Waals surface area contributed by atoms with Crippen LogP contribution in [0.4, 0.5) is 0 Å². The van der Waals surface area contributed by atoms with Gasteiger partial charge in [0.25, 0.3) is 0 Å². The Hall–Kier alpha value is -1.70. The van der Waals surface area contributed by atoms with Crippen molar-refractivity contribution in [3.8, 4) is 0 Å². The molecule has 0 amide bonds. The molecule has 1 unspecified atom stereocenters. The molecular formula is C18H26N4O2S. The number of aromatic amines is 1. The summed E-state index contributed by atoms with van der Waals surface area (Å²) in [6, 6.07) is 10.6. The number of H-pyrrole nitrogens is 1. The van der Waals surface area contributed by atoms with Crippen LogP contribution in [0.1, 0.15) is 23.9 Å². The third-order valence-corrected chi connectivity index (χ3v) is 7.05. The highest BCUT2D eigenvalue weighted by molar-refractivity contribution is 7.89. The van der Waals surface area contributed by atoms with Gasteiger partial charge in [0, 0.05) is 32.2 Å².